The van der Waals surface area contributed by atoms with Crippen LogP contribution in [-0.2, 0) is 6.54 Å². The van der Waals surface area contributed by atoms with E-state index in [1.165, 1.54) is 0 Å². The highest BCUT2D eigenvalue weighted by Gasteiger charge is 2.07. The molecule has 0 spiro atoms. The van der Waals surface area contributed by atoms with Crippen molar-refractivity contribution in [1.82, 2.24) is 10.3 Å². The minimum absolute atomic E-state index is 0.194. The molecule has 0 unspecified atom stereocenters. The van der Waals surface area contributed by atoms with Gasteiger partial charge in [0.2, 0.25) is 0 Å². The molecule has 0 aliphatic carbocycles. The SMILES string of the molecule is Cc1cnc(CNC(=O)c2cccc(C#N)c2)s1. The molecule has 0 radical (unpaired) electrons. The second-order valence-electron chi connectivity index (χ2n) is 3.74. The number of carbonyl (C=O) groups excluding carboxylic acids is 1. The number of hydrogen-bond donors (Lipinski definition) is 1. The number of thiazole rings is 1. The zero-order chi connectivity index (χ0) is 13.0. The first-order chi connectivity index (χ1) is 8.69. The van der Waals surface area contributed by atoms with Gasteiger partial charge < -0.3 is 5.32 Å². The van der Waals surface area contributed by atoms with Gasteiger partial charge in [-0.3, -0.25) is 4.79 Å². The van der Waals surface area contributed by atoms with Crippen LogP contribution in [0, 0.1) is 18.3 Å². The van der Waals surface area contributed by atoms with Crippen LogP contribution in [0.15, 0.2) is 30.5 Å². The Kier molecular flexibility index (Phi) is 3.70. The Hall–Kier alpha value is -2.19. The standard InChI is InChI=1S/C13H11N3OS/c1-9-7-15-12(18-9)8-16-13(17)11-4-2-3-10(5-11)6-14/h2-5,7H,8H2,1H3,(H,16,17). The van der Waals surface area contributed by atoms with Crippen molar-refractivity contribution in [2.45, 2.75) is 13.5 Å². The summed E-state index contributed by atoms with van der Waals surface area (Å²) in [5, 5.41) is 12.4. The Bertz CT molecular complexity index is 613. The highest BCUT2D eigenvalue weighted by Crippen LogP contribution is 2.11. The number of aryl methyl sites for hydroxylation is 1. The van der Waals surface area contributed by atoms with E-state index in [9.17, 15) is 4.79 Å². The maximum atomic E-state index is 11.8. The maximum absolute atomic E-state index is 11.8. The molecular formula is C13H11N3OS. The van der Waals surface area contributed by atoms with Crippen molar-refractivity contribution in [2.24, 2.45) is 0 Å². The van der Waals surface area contributed by atoms with Crippen molar-refractivity contribution < 1.29 is 4.79 Å². The number of nitrogens with one attached hydrogen (secondary N) is 1. The summed E-state index contributed by atoms with van der Waals surface area (Å²) in [5.74, 6) is -0.194. The number of nitrogens with zero attached hydrogens (tertiary/aromatic N) is 2. The summed E-state index contributed by atoms with van der Waals surface area (Å²) in [5.41, 5.74) is 0.968. The van der Waals surface area contributed by atoms with Gasteiger partial charge >= 0.3 is 0 Å². The van der Waals surface area contributed by atoms with Gasteiger partial charge in [-0.2, -0.15) is 5.26 Å². The lowest BCUT2D eigenvalue weighted by Gasteiger charge is -2.03. The highest BCUT2D eigenvalue weighted by molar-refractivity contribution is 7.11. The van der Waals surface area contributed by atoms with Gasteiger partial charge in [-0.05, 0) is 25.1 Å². The van der Waals surface area contributed by atoms with Crippen molar-refractivity contribution in [3.8, 4) is 6.07 Å². The normalized spacial score (nSPS) is 9.78. The predicted molar refractivity (Wildman–Crippen MR) is 69.2 cm³/mol. The van der Waals surface area contributed by atoms with E-state index in [1.807, 2.05) is 13.0 Å². The summed E-state index contributed by atoms with van der Waals surface area (Å²) in [4.78, 5) is 17.1. The van der Waals surface area contributed by atoms with Gasteiger partial charge in [-0.25, -0.2) is 4.98 Å². The second kappa shape index (κ2) is 5.43. The van der Waals surface area contributed by atoms with Crippen LogP contribution >= 0.6 is 11.3 Å². The smallest absolute Gasteiger partial charge is 0.251 e. The third-order valence-electron chi connectivity index (χ3n) is 2.32. The van der Waals surface area contributed by atoms with Crippen LogP contribution in [-0.4, -0.2) is 10.9 Å². The summed E-state index contributed by atoms with van der Waals surface area (Å²) in [6, 6.07) is 8.63. The molecule has 0 aliphatic heterocycles. The van der Waals surface area contributed by atoms with Crippen LogP contribution in [0.3, 0.4) is 0 Å². The van der Waals surface area contributed by atoms with Crippen LogP contribution in [0.5, 0.6) is 0 Å². The van der Waals surface area contributed by atoms with Crippen LogP contribution in [0.4, 0.5) is 0 Å². The monoisotopic (exact) mass is 257 g/mol. The molecule has 5 heteroatoms. The molecule has 0 bridgehead atoms. The molecule has 0 saturated carbocycles. The summed E-state index contributed by atoms with van der Waals surface area (Å²) < 4.78 is 0. The number of nitriles is 1. The lowest BCUT2D eigenvalue weighted by Crippen LogP contribution is -2.22. The molecular weight excluding hydrogens is 246 g/mol. The highest BCUT2D eigenvalue weighted by atomic mass is 32.1. The first kappa shape index (κ1) is 12.3. The van der Waals surface area contributed by atoms with E-state index in [2.05, 4.69) is 10.3 Å². The van der Waals surface area contributed by atoms with E-state index in [1.54, 1.807) is 41.8 Å². The number of rotatable bonds is 3. The molecule has 1 amide bonds. The number of hydrogen-bond acceptors (Lipinski definition) is 4. The minimum atomic E-state index is -0.194. The Balaban J connectivity index is 2.01. The number of amides is 1. The van der Waals surface area contributed by atoms with E-state index in [0.717, 1.165) is 9.88 Å². The Morgan fingerprint density at radius 2 is 2.39 bits per heavy atom. The van der Waals surface area contributed by atoms with E-state index < -0.39 is 0 Å². The van der Waals surface area contributed by atoms with Gasteiger partial charge in [0.1, 0.15) is 5.01 Å². The van der Waals surface area contributed by atoms with Crippen molar-refractivity contribution >= 4 is 17.2 Å². The lowest BCUT2D eigenvalue weighted by atomic mass is 10.1. The third kappa shape index (κ3) is 2.93. The Morgan fingerprint density at radius 3 is 3.06 bits per heavy atom. The average Bonchev–Trinajstić information content (AvgIpc) is 2.82. The number of aromatic nitrogens is 1. The third-order valence-corrected chi connectivity index (χ3v) is 3.24. The van der Waals surface area contributed by atoms with E-state index >= 15 is 0 Å². The lowest BCUT2D eigenvalue weighted by molar-refractivity contribution is 0.0951. The fourth-order valence-corrected chi connectivity index (χ4v) is 2.20. The Labute approximate surface area is 109 Å². The molecule has 0 atom stereocenters. The largest absolute Gasteiger partial charge is 0.346 e. The van der Waals surface area contributed by atoms with E-state index in [0.29, 0.717) is 17.7 Å². The number of carbonyl (C=O) groups is 1. The predicted octanol–water partition coefficient (Wildman–Crippen LogP) is 2.25. The van der Waals surface area contributed by atoms with Gasteiger partial charge in [-0.15, -0.1) is 11.3 Å². The second-order valence-corrected chi connectivity index (χ2v) is 5.06. The van der Waals surface area contributed by atoms with Crippen LogP contribution in [0.25, 0.3) is 0 Å². The number of benzene rings is 1. The van der Waals surface area contributed by atoms with Crippen LogP contribution in [0.2, 0.25) is 0 Å². The fourth-order valence-electron chi connectivity index (χ4n) is 1.47. The molecule has 4 nitrogen and oxygen atoms in total. The molecule has 1 N–H and O–H groups in total. The van der Waals surface area contributed by atoms with Crippen LogP contribution < -0.4 is 5.32 Å². The quantitative estimate of drug-likeness (QED) is 0.917. The maximum Gasteiger partial charge on any atom is 0.251 e. The van der Waals surface area contributed by atoms with Crippen molar-refractivity contribution in [2.75, 3.05) is 0 Å². The zero-order valence-corrected chi connectivity index (χ0v) is 10.6. The van der Waals surface area contributed by atoms with Crippen LogP contribution in [0.1, 0.15) is 25.8 Å². The van der Waals surface area contributed by atoms with Crippen molar-refractivity contribution in [1.29, 1.82) is 5.26 Å². The molecule has 1 heterocycles. The molecule has 18 heavy (non-hydrogen) atoms. The first-order valence-corrected chi connectivity index (χ1v) is 6.20. The zero-order valence-electron chi connectivity index (χ0n) is 9.80. The first-order valence-electron chi connectivity index (χ1n) is 5.38. The summed E-state index contributed by atoms with van der Waals surface area (Å²) in [6.45, 7) is 2.38. The summed E-state index contributed by atoms with van der Waals surface area (Å²) in [6.07, 6.45) is 1.78. The molecule has 1 aromatic carbocycles. The molecule has 0 saturated heterocycles. The summed E-state index contributed by atoms with van der Waals surface area (Å²) in [7, 11) is 0. The van der Waals surface area contributed by atoms with Gasteiger partial charge in [0.25, 0.3) is 5.91 Å². The molecule has 1 aromatic heterocycles. The van der Waals surface area contributed by atoms with Crippen molar-refractivity contribution in [3.05, 3.63) is 51.5 Å². The van der Waals surface area contributed by atoms with Gasteiger partial charge in [0, 0.05) is 16.6 Å². The van der Waals surface area contributed by atoms with Gasteiger partial charge in [0.15, 0.2) is 0 Å². The molecule has 90 valence electrons. The molecule has 0 fully saturated rings. The fraction of sp³-hybridized carbons (Fsp3) is 0.154. The van der Waals surface area contributed by atoms with Crippen molar-refractivity contribution in [3.63, 3.8) is 0 Å². The van der Waals surface area contributed by atoms with Gasteiger partial charge in [-0.1, -0.05) is 6.07 Å². The van der Waals surface area contributed by atoms with Gasteiger partial charge in [0.05, 0.1) is 18.2 Å². The molecule has 2 rings (SSSR count). The Morgan fingerprint density at radius 1 is 1.56 bits per heavy atom. The molecule has 0 aliphatic rings. The average molecular weight is 257 g/mol. The minimum Gasteiger partial charge on any atom is -0.346 e. The molecule has 2 aromatic rings. The summed E-state index contributed by atoms with van der Waals surface area (Å²) >= 11 is 1.55. The topological polar surface area (TPSA) is 65.8 Å². The van der Waals surface area contributed by atoms with E-state index in [-0.39, 0.29) is 5.91 Å². The van der Waals surface area contributed by atoms with E-state index in [4.69, 9.17) is 5.26 Å².